The topological polar surface area (TPSA) is 61.9 Å². The van der Waals surface area contributed by atoms with Gasteiger partial charge < -0.3 is 19.9 Å². The van der Waals surface area contributed by atoms with Crippen molar-refractivity contribution in [1.29, 1.82) is 0 Å². The summed E-state index contributed by atoms with van der Waals surface area (Å²) in [6.45, 7) is 8.89. The molecule has 0 radical (unpaired) electrons. The molecule has 0 unspecified atom stereocenters. The molecule has 1 N–H and O–H groups in total. The fourth-order valence-electron chi connectivity index (χ4n) is 2.55. The average Bonchev–Trinajstić information content (AvgIpc) is 2.58. The number of carbonyl (C=O) groups excluding carboxylic acids is 2. The van der Waals surface area contributed by atoms with Gasteiger partial charge >= 0.3 is 6.03 Å². The van der Waals surface area contributed by atoms with Crippen LogP contribution in [-0.4, -0.2) is 61.6 Å². The van der Waals surface area contributed by atoms with Crippen molar-refractivity contribution in [2.75, 3.05) is 39.8 Å². The smallest absolute Gasteiger partial charge is 0.317 e. The highest BCUT2D eigenvalue weighted by Gasteiger charge is 2.25. The minimum absolute atomic E-state index is 0.0427. The predicted octanol–water partition coefficient (Wildman–Crippen LogP) is 2.86. The van der Waals surface area contributed by atoms with Gasteiger partial charge in [0.15, 0.2) is 0 Å². The van der Waals surface area contributed by atoms with E-state index in [1.54, 1.807) is 28.0 Å². The maximum atomic E-state index is 12.6. The van der Waals surface area contributed by atoms with Crippen molar-refractivity contribution in [3.05, 3.63) is 28.8 Å². The van der Waals surface area contributed by atoms with Gasteiger partial charge in [0.05, 0.1) is 12.1 Å². The highest BCUT2D eigenvalue weighted by atomic mass is 35.5. The maximum Gasteiger partial charge on any atom is 0.317 e. The average molecular weight is 368 g/mol. The first kappa shape index (κ1) is 19.4. The molecule has 25 heavy (non-hydrogen) atoms. The van der Waals surface area contributed by atoms with Gasteiger partial charge in [-0.3, -0.25) is 4.79 Å². The Morgan fingerprint density at radius 2 is 1.76 bits per heavy atom. The summed E-state index contributed by atoms with van der Waals surface area (Å²) in [7, 11) is 1.53. The third-order valence-corrected chi connectivity index (χ3v) is 4.32. The minimum atomic E-state index is -0.0840. The Hall–Kier alpha value is -1.95. The number of methoxy groups -OCH3 is 1. The fourth-order valence-corrected chi connectivity index (χ4v) is 2.80. The van der Waals surface area contributed by atoms with E-state index in [0.717, 1.165) is 0 Å². The Labute approximate surface area is 154 Å². The summed E-state index contributed by atoms with van der Waals surface area (Å²) >= 11 is 6.09. The molecule has 1 aliphatic rings. The SMILES string of the molecule is COc1ccc(C(=O)N2CCN(C(=O)NCC(C)(C)C)CC2)cc1Cl. The number of rotatable bonds is 3. The van der Waals surface area contributed by atoms with Crippen LogP contribution in [0.3, 0.4) is 0 Å². The summed E-state index contributed by atoms with van der Waals surface area (Å²) in [5.74, 6) is 0.456. The Bertz CT molecular complexity index is 635. The van der Waals surface area contributed by atoms with Gasteiger partial charge in [-0.25, -0.2) is 4.79 Å². The van der Waals surface area contributed by atoms with Gasteiger partial charge in [0.2, 0.25) is 0 Å². The van der Waals surface area contributed by atoms with Crippen LogP contribution in [0.1, 0.15) is 31.1 Å². The lowest BCUT2D eigenvalue weighted by atomic mass is 9.97. The summed E-state index contributed by atoms with van der Waals surface area (Å²) in [5.41, 5.74) is 0.567. The molecule has 3 amide bonds. The van der Waals surface area contributed by atoms with Crippen molar-refractivity contribution in [3.8, 4) is 5.75 Å². The number of benzene rings is 1. The first-order valence-corrected chi connectivity index (χ1v) is 8.74. The van der Waals surface area contributed by atoms with E-state index in [0.29, 0.717) is 49.1 Å². The maximum absolute atomic E-state index is 12.6. The van der Waals surface area contributed by atoms with Crippen LogP contribution in [0.15, 0.2) is 18.2 Å². The standard InChI is InChI=1S/C18H26ClN3O3/c1-18(2,3)12-20-17(24)22-9-7-21(8-10-22)16(23)13-5-6-15(25-4)14(19)11-13/h5-6,11H,7-10,12H2,1-4H3,(H,20,24). The van der Waals surface area contributed by atoms with E-state index in [-0.39, 0.29) is 17.4 Å². The largest absolute Gasteiger partial charge is 0.495 e. The molecule has 1 aromatic rings. The van der Waals surface area contributed by atoms with E-state index in [4.69, 9.17) is 16.3 Å². The van der Waals surface area contributed by atoms with Crippen molar-refractivity contribution in [3.63, 3.8) is 0 Å². The molecule has 0 spiro atoms. The van der Waals surface area contributed by atoms with E-state index < -0.39 is 0 Å². The van der Waals surface area contributed by atoms with E-state index >= 15 is 0 Å². The Morgan fingerprint density at radius 3 is 2.28 bits per heavy atom. The number of nitrogens with zero attached hydrogens (tertiary/aromatic N) is 2. The number of halogens is 1. The highest BCUT2D eigenvalue weighted by Crippen LogP contribution is 2.25. The number of nitrogens with one attached hydrogen (secondary N) is 1. The molecule has 1 heterocycles. The number of carbonyl (C=O) groups is 2. The van der Waals surface area contributed by atoms with Gasteiger partial charge in [-0.15, -0.1) is 0 Å². The first-order valence-electron chi connectivity index (χ1n) is 8.37. The molecule has 2 rings (SSSR count). The van der Waals surface area contributed by atoms with Gasteiger partial charge in [0.25, 0.3) is 5.91 Å². The first-order chi connectivity index (χ1) is 11.7. The van der Waals surface area contributed by atoms with Gasteiger partial charge in [0.1, 0.15) is 5.75 Å². The van der Waals surface area contributed by atoms with Gasteiger partial charge in [0, 0.05) is 38.3 Å². The molecule has 1 aliphatic heterocycles. The molecule has 0 bridgehead atoms. The number of urea groups is 1. The van der Waals surface area contributed by atoms with Gasteiger partial charge in [-0.2, -0.15) is 0 Å². The van der Waals surface area contributed by atoms with Crippen molar-refractivity contribution in [2.24, 2.45) is 5.41 Å². The van der Waals surface area contributed by atoms with E-state index in [9.17, 15) is 9.59 Å². The Balaban J connectivity index is 1.90. The van der Waals surface area contributed by atoms with Crippen molar-refractivity contribution in [2.45, 2.75) is 20.8 Å². The molecule has 0 atom stereocenters. The lowest BCUT2D eigenvalue weighted by molar-refractivity contribution is 0.0664. The van der Waals surface area contributed by atoms with Crippen LogP contribution in [0.5, 0.6) is 5.75 Å². The number of amides is 3. The Kier molecular flexibility index (Phi) is 6.16. The fraction of sp³-hybridized carbons (Fsp3) is 0.556. The zero-order valence-electron chi connectivity index (χ0n) is 15.3. The van der Waals surface area contributed by atoms with E-state index in [1.165, 1.54) is 7.11 Å². The van der Waals surface area contributed by atoms with E-state index in [2.05, 4.69) is 26.1 Å². The quantitative estimate of drug-likeness (QED) is 0.893. The molecule has 1 aromatic carbocycles. The molecule has 1 saturated heterocycles. The third kappa shape index (κ3) is 5.26. The summed E-state index contributed by atoms with van der Waals surface area (Å²) in [5, 5.41) is 3.35. The molecule has 1 fully saturated rings. The van der Waals surface area contributed by atoms with Crippen LogP contribution in [0, 0.1) is 5.41 Å². The molecular formula is C18H26ClN3O3. The highest BCUT2D eigenvalue weighted by molar-refractivity contribution is 6.32. The zero-order valence-corrected chi connectivity index (χ0v) is 16.0. The lowest BCUT2D eigenvalue weighted by Crippen LogP contribution is -2.53. The molecule has 0 aromatic heterocycles. The number of ether oxygens (including phenoxy) is 1. The molecule has 6 nitrogen and oxygen atoms in total. The number of piperazine rings is 1. The van der Waals surface area contributed by atoms with Crippen LogP contribution in [0.25, 0.3) is 0 Å². The van der Waals surface area contributed by atoms with Crippen molar-refractivity contribution >= 4 is 23.5 Å². The summed E-state index contributed by atoms with van der Waals surface area (Å²) in [6, 6.07) is 4.93. The second-order valence-corrected chi connectivity index (χ2v) is 7.76. The molecule has 0 aliphatic carbocycles. The second kappa shape index (κ2) is 7.95. The number of hydrogen-bond donors (Lipinski definition) is 1. The summed E-state index contributed by atoms with van der Waals surface area (Å²) < 4.78 is 5.10. The van der Waals surface area contributed by atoms with Crippen LogP contribution >= 0.6 is 11.6 Å². The summed E-state index contributed by atoms with van der Waals surface area (Å²) in [4.78, 5) is 28.3. The predicted molar refractivity (Wildman–Crippen MR) is 98.3 cm³/mol. The Morgan fingerprint density at radius 1 is 1.16 bits per heavy atom. The van der Waals surface area contributed by atoms with Gasteiger partial charge in [-0.05, 0) is 23.6 Å². The molecule has 7 heteroatoms. The number of hydrogen-bond acceptors (Lipinski definition) is 3. The van der Waals surface area contributed by atoms with Crippen LogP contribution in [-0.2, 0) is 0 Å². The molecule has 0 saturated carbocycles. The third-order valence-electron chi connectivity index (χ3n) is 4.02. The minimum Gasteiger partial charge on any atom is -0.495 e. The van der Waals surface area contributed by atoms with Crippen LogP contribution in [0.4, 0.5) is 4.79 Å². The summed E-state index contributed by atoms with van der Waals surface area (Å²) in [6.07, 6.45) is 0. The van der Waals surface area contributed by atoms with Gasteiger partial charge in [-0.1, -0.05) is 32.4 Å². The van der Waals surface area contributed by atoms with Crippen molar-refractivity contribution in [1.82, 2.24) is 15.1 Å². The monoisotopic (exact) mass is 367 g/mol. The van der Waals surface area contributed by atoms with Crippen molar-refractivity contribution < 1.29 is 14.3 Å². The molecular weight excluding hydrogens is 342 g/mol. The second-order valence-electron chi connectivity index (χ2n) is 7.35. The lowest BCUT2D eigenvalue weighted by Gasteiger charge is -2.35. The van der Waals surface area contributed by atoms with Crippen LogP contribution < -0.4 is 10.1 Å². The van der Waals surface area contributed by atoms with Crippen LogP contribution in [0.2, 0.25) is 5.02 Å². The zero-order chi connectivity index (χ0) is 18.6. The van der Waals surface area contributed by atoms with E-state index in [1.807, 2.05) is 0 Å². The molecule has 138 valence electrons. The normalized spacial score (nSPS) is 15.1.